The first-order chi connectivity index (χ1) is 4.62. The second kappa shape index (κ2) is 1.72. The molecule has 0 radical (unpaired) electrons. The van der Waals surface area contributed by atoms with E-state index in [-0.39, 0.29) is 5.92 Å². The number of fused-ring (bicyclic) bond motifs is 1. The summed E-state index contributed by atoms with van der Waals surface area (Å²) in [6, 6.07) is 0. The quantitative estimate of drug-likeness (QED) is 0.419. The summed E-state index contributed by atoms with van der Waals surface area (Å²) in [6.45, 7) is 0. The van der Waals surface area contributed by atoms with E-state index in [1.54, 1.807) is 0 Å². The average molecular weight is 144 g/mol. The molecule has 10 heavy (non-hydrogen) atoms. The molecule has 2 aliphatic carbocycles. The van der Waals surface area contributed by atoms with Crippen LogP contribution in [0.25, 0.3) is 0 Å². The number of rotatable bonds is 0. The molecule has 2 saturated carbocycles. The molecule has 0 heterocycles. The van der Waals surface area contributed by atoms with E-state index in [9.17, 15) is 5.11 Å². The molecule has 0 bridgehead atoms. The Morgan fingerprint density at radius 1 is 1.10 bits per heavy atom. The average Bonchev–Trinajstić information content (AvgIpc) is 2.41. The first-order valence-electron chi connectivity index (χ1n) is 3.70. The summed E-state index contributed by atoms with van der Waals surface area (Å²) in [5, 5.41) is 27.7. The third kappa shape index (κ3) is 0.779. The van der Waals surface area contributed by atoms with Crippen molar-refractivity contribution in [2.75, 3.05) is 0 Å². The van der Waals surface area contributed by atoms with Crippen molar-refractivity contribution in [1.82, 2.24) is 0 Å². The summed E-state index contributed by atoms with van der Waals surface area (Å²) in [5.74, 6) is 0.255. The molecule has 0 aromatic heterocycles. The van der Waals surface area contributed by atoms with Crippen LogP contribution in [0.2, 0.25) is 0 Å². The molecule has 2 aliphatic rings. The summed E-state index contributed by atoms with van der Waals surface area (Å²) < 4.78 is 0. The Kier molecular flexibility index (Phi) is 1.14. The Balaban J connectivity index is 2.05. The van der Waals surface area contributed by atoms with Gasteiger partial charge >= 0.3 is 0 Å². The fraction of sp³-hybridized carbons (Fsp3) is 1.00. The molecular weight excluding hydrogens is 132 g/mol. The highest BCUT2D eigenvalue weighted by Gasteiger charge is 2.58. The van der Waals surface area contributed by atoms with Crippen molar-refractivity contribution in [3.63, 3.8) is 0 Å². The van der Waals surface area contributed by atoms with Gasteiger partial charge in [-0.2, -0.15) is 0 Å². The van der Waals surface area contributed by atoms with Gasteiger partial charge in [0.15, 0.2) is 0 Å². The van der Waals surface area contributed by atoms with E-state index >= 15 is 0 Å². The van der Waals surface area contributed by atoms with Gasteiger partial charge in [-0.05, 0) is 18.8 Å². The van der Waals surface area contributed by atoms with Crippen LogP contribution in [0.1, 0.15) is 19.3 Å². The molecule has 2 fully saturated rings. The van der Waals surface area contributed by atoms with E-state index in [0.29, 0.717) is 12.8 Å². The topological polar surface area (TPSA) is 60.7 Å². The highest BCUT2D eigenvalue weighted by molar-refractivity contribution is 5.09. The van der Waals surface area contributed by atoms with Crippen LogP contribution < -0.4 is 0 Å². The van der Waals surface area contributed by atoms with Crippen molar-refractivity contribution in [2.45, 2.75) is 37.1 Å². The maximum Gasteiger partial charge on any atom is 0.0826 e. The molecule has 0 aliphatic heterocycles. The van der Waals surface area contributed by atoms with Crippen LogP contribution in [0, 0.1) is 5.92 Å². The van der Waals surface area contributed by atoms with Crippen molar-refractivity contribution < 1.29 is 15.3 Å². The van der Waals surface area contributed by atoms with Crippen molar-refractivity contribution in [3.8, 4) is 0 Å². The van der Waals surface area contributed by atoms with Crippen molar-refractivity contribution in [1.29, 1.82) is 0 Å². The Morgan fingerprint density at radius 2 is 1.80 bits per heavy atom. The zero-order valence-corrected chi connectivity index (χ0v) is 5.70. The molecule has 2 rings (SSSR count). The fourth-order valence-corrected chi connectivity index (χ4v) is 1.87. The van der Waals surface area contributed by atoms with Gasteiger partial charge in [-0.3, -0.25) is 0 Å². The minimum atomic E-state index is -0.705. The maximum atomic E-state index is 9.47. The Hall–Kier alpha value is -0.120. The standard InChI is InChI=1S/C7H12O3/c8-5-1-4-2-7(4,10)3-6(5)9/h4-6,8-10H,1-3H2/t4-,5+,6-,7+/m1/s1. The summed E-state index contributed by atoms with van der Waals surface area (Å²) in [4.78, 5) is 0. The Morgan fingerprint density at radius 3 is 2.40 bits per heavy atom. The molecule has 0 aromatic rings. The van der Waals surface area contributed by atoms with E-state index < -0.39 is 17.8 Å². The van der Waals surface area contributed by atoms with Crippen molar-refractivity contribution in [2.24, 2.45) is 5.92 Å². The first-order valence-corrected chi connectivity index (χ1v) is 3.70. The largest absolute Gasteiger partial charge is 0.390 e. The van der Waals surface area contributed by atoms with Gasteiger partial charge in [0.2, 0.25) is 0 Å². The van der Waals surface area contributed by atoms with Crippen molar-refractivity contribution >= 4 is 0 Å². The number of aliphatic hydroxyl groups excluding tert-OH is 2. The van der Waals surface area contributed by atoms with Crippen LogP contribution in [-0.2, 0) is 0 Å². The molecular formula is C7H12O3. The van der Waals surface area contributed by atoms with E-state index in [1.165, 1.54) is 0 Å². The van der Waals surface area contributed by atoms with Gasteiger partial charge < -0.3 is 15.3 Å². The molecule has 3 N–H and O–H groups in total. The molecule has 0 saturated heterocycles. The lowest BCUT2D eigenvalue weighted by Crippen LogP contribution is -2.37. The van der Waals surface area contributed by atoms with Crippen LogP contribution in [0.4, 0.5) is 0 Å². The van der Waals surface area contributed by atoms with Gasteiger partial charge in [-0.25, -0.2) is 0 Å². The lowest BCUT2D eigenvalue weighted by molar-refractivity contribution is -0.0557. The van der Waals surface area contributed by atoms with Gasteiger partial charge in [0.25, 0.3) is 0 Å². The lowest BCUT2D eigenvalue weighted by atomic mass is 9.93. The Bertz CT molecular complexity index is 159. The predicted molar refractivity (Wildman–Crippen MR) is 34.3 cm³/mol. The summed E-state index contributed by atoms with van der Waals surface area (Å²) in [7, 11) is 0. The third-order valence-electron chi connectivity index (χ3n) is 2.73. The van der Waals surface area contributed by atoms with Crippen LogP contribution in [0.15, 0.2) is 0 Å². The minimum absolute atomic E-state index is 0.255. The van der Waals surface area contributed by atoms with E-state index in [2.05, 4.69) is 0 Å². The van der Waals surface area contributed by atoms with Crippen molar-refractivity contribution in [3.05, 3.63) is 0 Å². The second-order valence-electron chi connectivity index (χ2n) is 3.58. The Labute approximate surface area is 59.3 Å². The second-order valence-corrected chi connectivity index (χ2v) is 3.58. The first kappa shape index (κ1) is 6.58. The summed E-state index contributed by atoms with van der Waals surface area (Å²) in [6.07, 6.45) is 0.383. The lowest BCUT2D eigenvalue weighted by Gasteiger charge is -2.26. The van der Waals surface area contributed by atoms with Gasteiger partial charge in [0, 0.05) is 6.42 Å². The maximum absolute atomic E-state index is 9.47. The van der Waals surface area contributed by atoms with E-state index in [1.807, 2.05) is 0 Å². The van der Waals surface area contributed by atoms with Gasteiger partial charge in [0.05, 0.1) is 17.8 Å². The molecule has 0 unspecified atom stereocenters. The zero-order valence-electron chi connectivity index (χ0n) is 5.70. The van der Waals surface area contributed by atoms with E-state index in [0.717, 1.165) is 6.42 Å². The fourth-order valence-electron chi connectivity index (χ4n) is 1.87. The summed E-state index contributed by atoms with van der Waals surface area (Å²) in [5.41, 5.74) is -0.612. The zero-order chi connectivity index (χ0) is 7.35. The normalized spacial score (nSPS) is 59.7. The molecule has 0 spiro atoms. The molecule has 4 atom stereocenters. The molecule has 0 aromatic carbocycles. The van der Waals surface area contributed by atoms with Crippen LogP contribution in [-0.4, -0.2) is 33.1 Å². The SMILES string of the molecule is O[C@@H]1C[C@@]2(O)C[C@H]2C[C@@H]1O. The summed E-state index contributed by atoms with van der Waals surface area (Å²) >= 11 is 0. The van der Waals surface area contributed by atoms with Crippen LogP contribution >= 0.6 is 0 Å². The number of aliphatic hydroxyl groups is 3. The highest BCUT2D eigenvalue weighted by atomic mass is 16.3. The smallest absolute Gasteiger partial charge is 0.0826 e. The van der Waals surface area contributed by atoms with Crippen LogP contribution in [0.5, 0.6) is 0 Å². The monoisotopic (exact) mass is 144 g/mol. The predicted octanol–water partition coefficient (Wildman–Crippen LogP) is -0.747. The number of hydrogen-bond acceptors (Lipinski definition) is 3. The third-order valence-corrected chi connectivity index (χ3v) is 2.73. The molecule has 0 amide bonds. The van der Waals surface area contributed by atoms with Gasteiger partial charge in [-0.1, -0.05) is 0 Å². The minimum Gasteiger partial charge on any atom is -0.390 e. The highest BCUT2D eigenvalue weighted by Crippen LogP contribution is 2.53. The van der Waals surface area contributed by atoms with Crippen LogP contribution in [0.3, 0.4) is 0 Å². The van der Waals surface area contributed by atoms with Gasteiger partial charge in [-0.15, -0.1) is 0 Å². The van der Waals surface area contributed by atoms with Gasteiger partial charge in [0.1, 0.15) is 0 Å². The van der Waals surface area contributed by atoms with E-state index in [4.69, 9.17) is 10.2 Å². The number of hydrogen-bond donors (Lipinski definition) is 3. The molecule has 3 heteroatoms. The molecule has 3 nitrogen and oxygen atoms in total. The molecule has 58 valence electrons.